The summed E-state index contributed by atoms with van der Waals surface area (Å²) in [5, 5.41) is 8.62. The largest absolute Gasteiger partial charge is 0.468 e. The van der Waals surface area contributed by atoms with E-state index in [1.54, 1.807) is 24.3 Å². The van der Waals surface area contributed by atoms with Gasteiger partial charge in [-0.15, -0.1) is 0 Å². The van der Waals surface area contributed by atoms with Gasteiger partial charge in [-0.3, -0.25) is 0 Å². The van der Waals surface area contributed by atoms with E-state index in [-0.39, 0.29) is 6.42 Å². The highest BCUT2D eigenvalue weighted by Gasteiger charge is 2.27. The van der Waals surface area contributed by atoms with Crippen molar-refractivity contribution >= 4 is 0 Å². The Kier molecular flexibility index (Phi) is 4.61. The van der Waals surface area contributed by atoms with Gasteiger partial charge in [0.15, 0.2) is 6.79 Å². The van der Waals surface area contributed by atoms with Crippen molar-refractivity contribution in [2.75, 3.05) is 6.79 Å². The monoisotopic (exact) mass is 234 g/mol. The first-order valence-corrected chi connectivity index (χ1v) is 4.89. The quantitative estimate of drug-likeness (QED) is 0.757. The Morgan fingerprint density at radius 2 is 2.12 bits per heavy atom. The van der Waals surface area contributed by atoms with Gasteiger partial charge in [-0.05, 0) is 24.5 Å². The highest BCUT2D eigenvalue weighted by molar-refractivity contribution is 5.32. The summed E-state index contributed by atoms with van der Waals surface area (Å²) in [7, 11) is 0. The predicted octanol–water partition coefficient (Wildman–Crippen LogP) is 3.07. The van der Waals surface area contributed by atoms with E-state index in [4.69, 9.17) is 9.84 Å². The van der Waals surface area contributed by atoms with E-state index >= 15 is 0 Å². The van der Waals surface area contributed by atoms with Gasteiger partial charge in [0.2, 0.25) is 0 Å². The molecule has 2 nitrogen and oxygen atoms in total. The molecule has 0 aromatic carbocycles. The van der Waals surface area contributed by atoms with Crippen molar-refractivity contribution in [3.8, 4) is 0 Å². The highest BCUT2D eigenvalue weighted by Crippen LogP contribution is 2.28. The fourth-order valence-electron chi connectivity index (χ4n) is 1.36. The van der Waals surface area contributed by atoms with Crippen LogP contribution >= 0.6 is 0 Å². The van der Waals surface area contributed by atoms with Gasteiger partial charge in [-0.25, -0.2) is 0 Å². The lowest BCUT2D eigenvalue weighted by atomic mass is 10.1. The SMILES string of the molecule is OCOC1=CCC=CC=C1CCC(F)(F)F. The number of alkyl halides is 3. The van der Waals surface area contributed by atoms with Crippen molar-refractivity contribution in [3.05, 3.63) is 35.6 Å². The smallest absolute Gasteiger partial charge is 0.389 e. The normalized spacial score (nSPS) is 16.5. The third kappa shape index (κ3) is 4.53. The molecule has 1 rings (SSSR count). The second-order valence-corrected chi connectivity index (χ2v) is 3.31. The minimum Gasteiger partial charge on any atom is -0.468 e. The third-order valence-electron chi connectivity index (χ3n) is 2.09. The predicted molar refractivity (Wildman–Crippen MR) is 53.4 cm³/mol. The number of allylic oxidation sites excluding steroid dienone is 5. The van der Waals surface area contributed by atoms with E-state index in [2.05, 4.69) is 0 Å². The van der Waals surface area contributed by atoms with Crippen molar-refractivity contribution in [2.24, 2.45) is 0 Å². The summed E-state index contributed by atoms with van der Waals surface area (Å²) in [6.45, 7) is -0.533. The lowest BCUT2D eigenvalue weighted by Crippen LogP contribution is -2.08. The number of rotatable bonds is 4. The number of aliphatic hydroxyl groups excluding tert-OH is 1. The first-order chi connectivity index (χ1) is 7.53. The van der Waals surface area contributed by atoms with E-state index in [0.717, 1.165) is 0 Å². The second kappa shape index (κ2) is 5.75. The molecule has 0 aromatic rings. The fraction of sp³-hybridized carbons (Fsp3) is 0.455. The van der Waals surface area contributed by atoms with Crippen LogP contribution in [0.15, 0.2) is 35.6 Å². The first kappa shape index (κ1) is 12.8. The van der Waals surface area contributed by atoms with Gasteiger partial charge in [0, 0.05) is 6.42 Å². The van der Waals surface area contributed by atoms with Gasteiger partial charge in [-0.2, -0.15) is 13.2 Å². The van der Waals surface area contributed by atoms with Gasteiger partial charge in [-0.1, -0.05) is 18.2 Å². The van der Waals surface area contributed by atoms with Crippen LogP contribution in [0, 0.1) is 0 Å². The molecule has 5 heteroatoms. The Balaban J connectivity index is 2.66. The maximum atomic E-state index is 12.1. The van der Waals surface area contributed by atoms with Crippen molar-refractivity contribution in [2.45, 2.75) is 25.4 Å². The minimum absolute atomic E-state index is 0.139. The van der Waals surface area contributed by atoms with Crippen molar-refractivity contribution < 1.29 is 23.0 Å². The maximum Gasteiger partial charge on any atom is 0.389 e. The molecule has 1 N–H and O–H groups in total. The summed E-state index contributed by atoms with van der Waals surface area (Å²) < 4.78 is 41.1. The molecule has 0 bridgehead atoms. The maximum absolute atomic E-state index is 12.1. The van der Waals surface area contributed by atoms with Crippen LogP contribution in [-0.4, -0.2) is 18.1 Å². The van der Waals surface area contributed by atoms with Crippen LogP contribution in [-0.2, 0) is 4.74 Å². The summed E-state index contributed by atoms with van der Waals surface area (Å²) >= 11 is 0. The minimum atomic E-state index is -4.18. The van der Waals surface area contributed by atoms with Crippen LogP contribution in [0.3, 0.4) is 0 Å². The summed E-state index contributed by atoms with van der Waals surface area (Å²) in [6.07, 6.45) is 2.11. The number of aliphatic hydroxyl groups is 1. The molecular weight excluding hydrogens is 221 g/mol. The van der Waals surface area contributed by atoms with E-state index in [1.165, 1.54) is 0 Å². The Morgan fingerprint density at radius 1 is 1.38 bits per heavy atom. The Bertz CT molecular complexity index is 314. The molecule has 16 heavy (non-hydrogen) atoms. The van der Waals surface area contributed by atoms with Crippen LogP contribution in [0.1, 0.15) is 19.3 Å². The second-order valence-electron chi connectivity index (χ2n) is 3.31. The van der Waals surface area contributed by atoms with E-state index in [0.29, 0.717) is 17.8 Å². The molecule has 90 valence electrons. The molecule has 0 aliphatic heterocycles. The van der Waals surface area contributed by atoms with Crippen LogP contribution < -0.4 is 0 Å². The number of hydrogen-bond acceptors (Lipinski definition) is 2. The van der Waals surface area contributed by atoms with Crippen LogP contribution in [0.5, 0.6) is 0 Å². The molecular formula is C11H13F3O2. The number of ether oxygens (including phenoxy) is 1. The Morgan fingerprint density at radius 3 is 2.75 bits per heavy atom. The summed E-state index contributed by atoms with van der Waals surface area (Å²) in [6, 6.07) is 0. The van der Waals surface area contributed by atoms with E-state index in [1.807, 2.05) is 0 Å². The average Bonchev–Trinajstić information content (AvgIpc) is 2.40. The van der Waals surface area contributed by atoms with Crippen molar-refractivity contribution in [1.29, 1.82) is 0 Å². The number of halogens is 3. The zero-order valence-corrected chi connectivity index (χ0v) is 8.63. The molecule has 0 spiro atoms. The zero-order valence-electron chi connectivity index (χ0n) is 8.63. The fourth-order valence-corrected chi connectivity index (χ4v) is 1.36. The Labute approximate surface area is 91.7 Å². The molecule has 0 amide bonds. The molecule has 0 radical (unpaired) electrons. The van der Waals surface area contributed by atoms with Gasteiger partial charge < -0.3 is 9.84 Å². The molecule has 0 fully saturated rings. The lowest BCUT2D eigenvalue weighted by Gasteiger charge is -2.12. The standard InChI is InChI=1S/C11H13F3O2/c12-11(13,14)7-6-9-4-2-1-3-5-10(9)16-8-15/h1-2,4-5,15H,3,6-8H2. The highest BCUT2D eigenvalue weighted by atomic mass is 19.4. The van der Waals surface area contributed by atoms with Gasteiger partial charge >= 0.3 is 6.18 Å². The molecule has 1 aliphatic rings. The van der Waals surface area contributed by atoms with Crippen molar-refractivity contribution in [1.82, 2.24) is 0 Å². The zero-order chi connectivity index (χ0) is 12.0. The summed E-state index contributed by atoms with van der Waals surface area (Å²) in [5.74, 6) is 0.330. The van der Waals surface area contributed by atoms with Crippen molar-refractivity contribution in [3.63, 3.8) is 0 Å². The molecule has 0 saturated carbocycles. The average molecular weight is 234 g/mol. The summed E-state index contributed by atoms with van der Waals surface area (Å²) in [4.78, 5) is 0. The van der Waals surface area contributed by atoms with Crippen LogP contribution in [0.25, 0.3) is 0 Å². The van der Waals surface area contributed by atoms with E-state index in [9.17, 15) is 13.2 Å². The summed E-state index contributed by atoms with van der Waals surface area (Å²) in [5.41, 5.74) is 0.458. The molecule has 0 aromatic heterocycles. The molecule has 0 saturated heterocycles. The molecule has 0 atom stereocenters. The third-order valence-corrected chi connectivity index (χ3v) is 2.09. The van der Waals surface area contributed by atoms with E-state index < -0.39 is 19.4 Å². The first-order valence-electron chi connectivity index (χ1n) is 4.89. The Hall–Kier alpha value is -1.23. The molecule has 1 aliphatic carbocycles. The van der Waals surface area contributed by atoms with Crippen LogP contribution in [0.4, 0.5) is 13.2 Å². The molecule has 0 heterocycles. The van der Waals surface area contributed by atoms with Crippen LogP contribution in [0.2, 0.25) is 0 Å². The van der Waals surface area contributed by atoms with Gasteiger partial charge in [0.05, 0.1) is 0 Å². The van der Waals surface area contributed by atoms with Gasteiger partial charge in [0.25, 0.3) is 0 Å². The lowest BCUT2D eigenvalue weighted by molar-refractivity contribution is -0.134. The van der Waals surface area contributed by atoms with Gasteiger partial charge in [0.1, 0.15) is 5.76 Å². The topological polar surface area (TPSA) is 29.5 Å². The molecule has 0 unspecified atom stereocenters. The number of hydrogen-bond donors (Lipinski definition) is 1.